The summed E-state index contributed by atoms with van der Waals surface area (Å²) in [5.41, 5.74) is 3.03. The van der Waals surface area contributed by atoms with Gasteiger partial charge in [-0.3, -0.25) is 19.5 Å². The van der Waals surface area contributed by atoms with Gasteiger partial charge >= 0.3 is 0 Å². The highest BCUT2D eigenvalue weighted by atomic mass is 16.3. The van der Waals surface area contributed by atoms with Crippen molar-refractivity contribution in [1.29, 1.82) is 0 Å². The van der Waals surface area contributed by atoms with Crippen LogP contribution >= 0.6 is 0 Å². The molecule has 1 saturated heterocycles. The van der Waals surface area contributed by atoms with Gasteiger partial charge in [0, 0.05) is 23.6 Å². The summed E-state index contributed by atoms with van der Waals surface area (Å²) in [4.78, 5) is 31.5. The zero-order chi connectivity index (χ0) is 21.3. The topological polar surface area (TPSA) is 70.5 Å². The molecule has 2 aromatic carbocycles. The van der Waals surface area contributed by atoms with E-state index in [-0.39, 0.29) is 11.3 Å². The van der Waals surface area contributed by atoms with Gasteiger partial charge in [0.25, 0.3) is 11.7 Å². The van der Waals surface area contributed by atoms with Crippen molar-refractivity contribution in [3.05, 3.63) is 101 Å². The Labute approximate surface area is 175 Å². The van der Waals surface area contributed by atoms with Gasteiger partial charge in [-0.25, -0.2) is 0 Å². The molecule has 0 spiro atoms. The molecule has 30 heavy (non-hydrogen) atoms. The molecular formula is C25H22N2O3. The number of Topliss-reactive ketones (excluding diaryl/α,β-unsaturated/α-hetero) is 1. The van der Waals surface area contributed by atoms with Crippen LogP contribution in [0.15, 0.2) is 84.7 Å². The van der Waals surface area contributed by atoms with E-state index in [2.05, 4.69) is 18.8 Å². The molecule has 1 fully saturated rings. The summed E-state index contributed by atoms with van der Waals surface area (Å²) in [5, 5.41) is 11.0. The number of ketones is 1. The Bertz CT molecular complexity index is 1100. The summed E-state index contributed by atoms with van der Waals surface area (Å²) < 4.78 is 0. The van der Waals surface area contributed by atoms with Crippen molar-refractivity contribution >= 4 is 23.1 Å². The van der Waals surface area contributed by atoms with Gasteiger partial charge < -0.3 is 5.11 Å². The fraction of sp³-hybridized carbons (Fsp3) is 0.160. The lowest BCUT2D eigenvalue weighted by Gasteiger charge is -2.25. The first-order valence-corrected chi connectivity index (χ1v) is 9.85. The number of rotatable bonds is 4. The third-order valence-electron chi connectivity index (χ3n) is 5.35. The number of hydrogen-bond acceptors (Lipinski definition) is 4. The number of nitrogens with zero attached hydrogens (tertiary/aromatic N) is 2. The molecule has 1 atom stereocenters. The molecule has 0 aliphatic carbocycles. The lowest BCUT2D eigenvalue weighted by molar-refractivity contribution is -0.132. The number of carbonyl (C=O) groups excluding carboxylic acids is 2. The molecular weight excluding hydrogens is 376 g/mol. The number of benzene rings is 2. The quantitative estimate of drug-likeness (QED) is 0.388. The Morgan fingerprint density at radius 2 is 1.57 bits per heavy atom. The minimum Gasteiger partial charge on any atom is -0.507 e. The molecule has 1 aromatic heterocycles. The lowest BCUT2D eigenvalue weighted by Crippen LogP contribution is -2.29. The van der Waals surface area contributed by atoms with Crippen LogP contribution in [0.1, 0.15) is 42.5 Å². The van der Waals surface area contributed by atoms with Gasteiger partial charge in [-0.1, -0.05) is 56.3 Å². The van der Waals surface area contributed by atoms with Gasteiger partial charge in [0.05, 0.1) is 11.6 Å². The molecule has 3 aromatic rings. The van der Waals surface area contributed by atoms with E-state index in [0.717, 1.165) is 11.1 Å². The number of carbonyl (C=O) groups is 2. The molecule has 1 amide bonds. The number of aliphatic hydroxyl groups excluding tert-OH is 1. The molecule has 150 valence electrons. The Hall–Kier alpha value is -3.73. The zero-order valence-electron chi connectivity index (χ0n) is 16.8. The van der Waals surface area contributed by atoms with Crippen molar-refractivity contribution in [3.8, 4) is 0 Å². The van der Waals surface area contributed by atoms with Crippen molar-refractivity contribution < 1.29 is 14.7 Å². The highest BCUT2D eigenvalue weighted by Crippen LogP contribution is 2.42. The van der Waals surface area contributed by atoms with E-state index in [1.807, 2.05) is 54.6 Å². The van der Waals surface area contributed by atoms with Gasteiger partial charge in [-0.15, -0.1) is 0 Å². The molecule has 5 heteroatoms. The van der Waals surface area contributed by atoms with Crippen LogP contribution in [0.4, 0.5) is 5.69 Å². The standard InChI is InChI=1S/C25H22N2O3/c1-16(2)17-8-10-20(11-9-17)27-22(18-6-4-3-5-7-18)21(24(29)25(27)30)23(28)19-12-14-26-15-13-19/h3-16,22,28H,1-2H3/b23-21+. The average molecular weight is 398 g/mol. The number of aliphatic hydroxyl groups is 1. The number of amides is 1. The van der Waals surface area contributed by atoms with E-state index in [0.29, 0.717) is 17.2 Å². The maximum Gasteiger partial charge on any atom is 0.300 e. The predicted molar refractivity (Wildman–Crippen MR) is 116 cm³/mol. The number of pyridine rings is 1. The molecule has 1 N–H and O–H groups in total. The average Bonchev–Trinajstić information content (AvgIpc) is 3.05. The van der Waals surface area contributed by atoms with Crippen molar-refractivity contribution in [2.45, 2.75) is 25.8 Å². The molecule has 5 nitrogen and oxygen atoms in total. The normalized spacial score (nSPS) is 18.2. The van der Waals surface area contributed by atoms with Crippen molar-refractivity contribution in [2.24, 2.45) is 0 Å². The van der Waals surface area contributed by atoms with Crippen LogP contribution in [-0.2, 0) is 9.59 Å². The number of anilines is 1. The monoisotopic (exact) mass is 398 g/mol. The SMILES string of the molecule is CC(C)c1ccc(N2C(=O)C(=O)/C(=C(/O)c3ccncc3)C2c2ccccc2)cc1. The van der Waals surface area contributed by atoms with Crippen LogP contribution in [0.3, 0.4) is 0 Å². The highest BCUT2D eigenvalue weighted by Gasteiger charge is 2.46. The maximum atomic E-state index is 13.1. The summed E-state index contributed by atoms with van der Waals surface area (Å²) in [7, 11) is 0. The largest absolute Gasteiger partial charge is 0.507 e. The van der Waals surface area contributed by atoms with Crippen molar-refractivity contribution in [1.82, 2.24) is 4.98 Å². The first kappa shape index (κ1) is 19.6. The van der Waals surface area contributed by atoms with Crippen LogP contribution in [0, 0.1) is 0 Å². The Morgan fingerprint density at radius 3 is 2.17 bits per heavy atom. The number of hydrogen-bond donors (Lipinski definition) is 1. The minimum atomic E-state index is -0.718. The second kappa shape index (κ2) is 7.95. The molecule has 1 aliphatic heterocycles. The third kappa shape index (κ3) is 3.39. The van der Waals surface area contributed by atoms with Gasteiger partial charge in [0.2, 0.25) is 0 Å². The fourth-order valence-electron chi connectivity index (χ4n) is 3.73. The summed E-state index contributed by atoms with van der Waals surface area (Å²) in [5.74, 6) is -1.21. The van der Waals surface area contributed by atoms with Crippen LogP contribution < -0.4 is 4.90 Å². The van der Waals surface area contributed by atoms with Crippen molar-refractivity contribution in [2.75, 3.05) is 4.90 Å². The van der Waals surface area contributed by atoms with E-state index in [1.165, 1.54) is 17.3 Å². The molecule has 0 radical (unpaired) electrons. The first-order chi connectivity index (χ1) is 14.5. The first-order valence-electron chi connectivity index (χ1n) is 9.85. The summed E-state index contributed by atoms with van der Waals surface area (Å²) in [6, 6.07) is 19.4. The summed E-state index contributed by atoms with van der Waals surface area (Å²) >= 11 is 0. The van der Waals surface area contributed by atoms with Crippen LogP contribution in [0.5, 0.6) is 0 Å². The summed E-state index contributed by atoms with van der Waals surface area (Å²) in [6.07, 6.45) is 3.07. The third-order valence-corrected chi connectivity index (χ3v) is 5.35. The van der Waals surface area contributed by atoms with Gasteiger partial charge in [0.1, 0.15) is 5.76 Å². The second-order valence-electron chi connectivity index (χ2n) is 7.56. The van der Waals surface area contributed by atoms with E-state index in [9.17, 15) is 14.7 Å². The molecule has 2 heterocycles. The Kier molecular flexibility index (Phi) is 5.19. The molecule has 1 aliphatic rings. The molecule has 0 bridgehead atoms. The van der Waals surface area contributed by atoms with Crippen LogP contribution in [0.2, 0.25) is 0 Å². The maximum absolute atomic E-state index is 13.1. The van der Waals surface area contributed by atoms with Crippen LogP contribution in [-0.4, -0.2) is 21.8 Å². The molecule has 4 rings (SSSR count). The predicted octanol–water partition coefficient (Wildman–Crippen LogP) is 4.83. The minimum absolute atomic E-state index is 0.0744. The van der Waals surface area contributed by atoms with Crippen molar-refractivity contribution in [3.63, 3.8) is 0 Å². The van der Waals surface area contributed by atoms with Gasteiger partial charge in [0.15, 0.2) is 0 Å². The van der Waals surface area contributed by atoms with E-state index < -0.39 is 17.7 Å². The van der Waals surface area contributed by atoms with E-state index in [4.69, 9.17) is 0 Å². The molecule has 0 saturated carbocycles. The van der Waals surface area contributed by atoms with Crippen LogP contribution in [0.25, 0.3) is 5.76 Å². The Morgan fingerprint density at radius 1 is 0.933 bits per heavy atom. The Balaban J connectivity index is 1.90. The number of aromatic nitrogens is 1. The van der Waals surface area contributed by atoms with E-state index >= 15 is 0 Å². The second-order valence-corrected chi connectivity index (χ2v) is 7.56. The molecule has 1 unspecified atom stereocenters. The zero-order valence-corrected chi connectivity index (χ0v) is 16.8. The smallest absolute Gasteiger partial charge is 0.300 e. The van der Waals surface area contributed by atoms with Gasteiger partial charge in [-0.05, 0) is 41.3 Å². The fourth-order valence-corrected chi connectivity index (χ4v) is 3.73. The summed E-state index contributed by atoms with van der Waals surface area (Å²) in [6.45, 7) is 4.19. The van der Waals surface area contributed by atoms with E-state index in [1.54, 1.807) is 12.1 Å². The van der Waals surface area contributed by atoms with Gasteiger partial charge in [-0.2, -0.15) is 0 Å². The lowest BCUT2D eigenvalue weighted by atomic mass is 9.95. The highest BCUT2D eigenvalue weighted by molar-refractivity contribution is 6.51.